The highest BCUT2D eigenvalue weighted by Crippen LogP contribution is 2.39. The van der Waals surface area contributed by atoms with Crippen LogP contribution in [0.5, 0.6) is 11.6 Å². The highest BCUT2D eigenvalue weighted by molar-refractivity contribution is 9.10. The number of halogens is 3. The Hall–Kier alpha value is -1.47. The lowest BCUT2D eigenvalue weighted by Gasteiger charge is -2.11. The molecule has 2 aromatic carbocycles. The smallest absolute Gasteiger partial charge is 0.248 e. The second-order valence-electron chi connectivity index (χ2n) is 5.09. The molecule has 134 valence electrons. The summed E-state index contributed by atoms with van der Waals surface area (Å²) in [7, 11) is 1.63. The Kier molecular flexibility index (Phi) is 6.64. The molecule has 0 bridgehead atoms. The van der Waals surface area contributed by atoms with Crippen molar-refractivity contribution in [3.8, 4) is 11.6 Å². The molecule has 26 heavy (non-hydrogen) atoms. The molecule has 0 saturated heterocycles. The summed E-state index contributed by atoms with van der Waals surface area (Å²) in [5.74, 6) is 1.21. The van der Waals surface area contributed by atoms with Crippen LogP contribution in [0.25, 0.3) is 0 Å². The Bertz CT molecular complexity index is 910. The number of hydrogen-bond acceptors (Lipinski definition) is 5. The number of hydrogen-bond donors (Lipinski definition) is 0. The van der Waals surface area contributed by atoms with Crippen LogP contribution in [0.4, 0.5) is 0 Å². The molecule has 1 aromatic heterocycles. The van der Waals surface area contributed by atoms with E-state index in [1.807, 2.05) is 36.4 Å². The molecular formula is C18H13BrCl2N2O2S. The van der Waals surface area contributed by atoms with Crippen molar-refractivity contribution in [2.24, 2.45) is 0 Å². The molecule has 0 radical (unpaired) electrons. The van der Waals surface area contributed by atoms with Crippen molar-refractivity contribution in [2.45, 2.75) is 16.5 Å². The van der Waals surface area contributed by atoms with Crippen molar-refractivity contribution in [3.05, 3.63) is 68.9 Å². The van der Waals surface area contributed by atoms with Gasteiger partial charge in [0, 0.05) is 4.90 Å². The zero-order valence-corrected chi connectivity index (χ0v) is 17.5. The summed E-state index contributed by atoms with van der Waals surface area (Å²) in [4.78, 5) is 9.55. The van der Waals surface area contributed by atoms with E-state index in [-0.39, 0.29) is 0 Å². The monoisotopic (exact) mass is 470 g/mol. The first-order valence-corrected chi connectivity index (χ1v) is 9.83. The molecule has 0 aliphatic rings. The lowest BCUT2D eigenvalue weighted by atomic mass is 10.2. The van der Waals surface area contributed by atoms with Crippen molar-refractivity contribution in [1.29, 1.82) is 0 Å². The quantitative estimate of drug-likeness (QED) is 0.423. The summed E-state index contributed by atoms with van der Waals surface area (Å²) in [5, 5.41) is 1.57. The Labute approximate surface area is 174 Å². The summed E-state index contributed by atoms with van der Waals surface area (Å²) in [6.07, 6.45) is 1.61. The van der Waals surface area contributed by atoms with Gasteiger partial charge in [-0.2, -0.15) is 0 Å². The second kappa shape index (κ2) is 8.95. The minimum Gasteiger partial charge on any atom is -0.497 e. The van der Waals surface area contributed by atoms with E-state index in [2.05, 4.69) is 25.9 Å². The van der Waals surface area contributed by atoms with Crippen molar-refractivity contribution in [1.82, 2.24) is 9.97 Å². The molecule has 0 amide bonds. The van der Waals surface area contributed by atoms with Gasteiger partial charge in [-0.15, -0.1) is 0 Å². The first-order chi connectivity index (χ1) is 12.6. The maximum Gasteiger partial charge on any atom is 0.248 e. The number of nitrogens with zero attached hydrogens (tertiary/aromatic N) is 2. The predicted octanol–water partition coefficient (Wildman–Crippen LogP) is 6.28. The van der Waals surface area contributed by atoms with E-state index in [1.165, 1.54) is 11.8 Å². The highest BCUT2D eigenvalue weighted by Gasteiger charge is 2.14. The largest absolute Gasteiger partial charge is 0.497 e. The van der Waals surface area contributed by atoms with Gasteiger partial charge in [0.25, 0.3) is 0 Å². The van der Waals surface area contributed by atoms with Gasteiger partial charge in [-0.3, -0.25) is 0 Å². The standard InChI is InChI=1S/C18H13BrCl2N2O2S/c1-24-12-7-5-11(6-8-12)10-25-17-18(22-9-15(19)23-17)26-14-4-2-3-13(20)16(14)21/h2-9H,10H2,1H3. The molecule has 0 aliphatic carbocycles. The zero-order chi connectivity index (χ0) is 18.5. The summed E-state index contributed by atoms with van der Waals surface area (Å²) in [5.41, 5.74) is 0.990. The molecule has 1 heterocycles. The molecule has 0 aliphatic heterocycles. The maximum atomic E-state index is 6.27. The van der Waals surface area contributed by atoms with Gasteiger partial charge in [0.1, 0.15) is 17.0 Å². The van der Waals surface area contributed by atoms with Crippen LogP contribution in [0.1, 0.15) is 5.56 Å². The van der Waals surface area contributed by atoms with Crippen LogP contribution in [0.15, 0.2) is 63.2 Å². The summed E-state index contributed by atoms with van der Waals surface area (Å²) in [6.45, 7) is 0.353. The van der Waals surface area contributed by atoms with E-state index in [0.717, 1.165) is 16.2 Å². The average molecular weight is 472 g/mol. The van der Waals surface area contributed by atoms with Crippen LogP contribution < -0.4 is 9.47 Å². The first kappa shape index (κ1) is 19.3. The molecule has 0 atom stereocenters. The molecule has 0 spiro atoms. The van der Waals surface area contributed by atoms with Crippen LogP contribution in [0, 0.1) is 0 Å². The molecular weight excluding hydrogens is 459 g/mol. The van der Waals surface area contributed by atoms with Crippen LogP contribution in [0.3, 0.4) is 0 Å². The normalized spacial score (nSPS) is 10.6. The Morgan fingerprint density at radius 2 is 1.88 bits per heavy atom. The lowest BCUT2D eigenvalue weighted by molar-refractivity contribution is 0.282. The third-order valence-electron chi connectivity index (χ3n) is 3.34. The van der Waals surface area contributed by atoms with Gasteiger partial charge in [0.15, 0.2) is 5.03 Å². The number of benzene rings is 2. The van der Waals surface area contributed by atoms with Gasteiger partial charge in [0.2, 0.25) is 5.88 Å². The zero-order valence-electron chi connectivity index (χ0n) is 13.6. The van der Waals surface area contributed by atoms with Crippen LogP contribution in [0.2, 0.25) is 10.0 Å². The minimum absolute atomic E-state index is 0.353. The Balaban J connectivity index is 1.80. The molecule has 0 N–H and O–H groups in total. The van der Waals surface area contributed by atoms with Crippen molar-refractivity contribution >= 4 is 50.9 Å². The maximum absolute atomic E-state index is 6.27. The Morgan fingerprint density at radius 3 is 2.62 bits per heavy atom. The summed E-state index contributed by atoms with van der Waals surface area (Å²) < 4.78 is 11.6. The number of ether oxygens (including phenoxy) is 2. The molecule has 0 unspecified atom stereocenters. The second-order valence-corrected chi connectivity index (χ2v) is 7.72. The van der Waals surface area contributed by atoms with Gasteiger partial charge in [0.05, 0.1) is 23.4 Å². The molecule has 3 aromatic rings. The van der Waals surface area contributed by atoms with E-state index in [4.69, 9.17) is 32.7 Å². The number of methoxy groups -OCH3 is 1. The highest BCUT2D eigenvalue weighted by atomic mass is 79.9. The fourth-order valence-corrected chi connectivity index (χ4v) is 3.63. The number of aromatic nitrogens is 2. The van der Waals surface area contributed by atoms with Gasteiger partial charge in [-0.1, -0.05) is 53.2 Å². The molecule has 3 rings (SSSR count). The molecule has 8 heteroatoms. The van der Waals surface area contributed by atoms with Gasteiger partial charge in [-0.25, -0.2) is 9.97 Å². The van der Waals surface area contributed by atoms with E-state index in [0.29, 0.717) is 32.2 Å². The van der Waals surface area contributed by atoms with E-state index >= 15 is 0 Å². The molecule has 0 saturated carbocycles. The average Bonchev–Trinajstić information content (AvgIpc) is 2.66. The van der Waals surface area contributed by atoms with E-state index in [9.17, 15) is 0 Å². The van der Waals surface area contributed by atoms with E-state index < -0.39 is 0 Å². The van der Waals surface area contributed by atoms with Gasteiger partial charge in [-0.05, 0) is 45.8 Å². The minimum atomic E-state index is 0.353. The number of rotatable bonds is 6. The summed E-state index contributed by atoms with van der Waals surface area (Å²) in [6, 6.07) is 13.1. The van der Waals surface area contributed by atoms with Crippen LogP contribution in [-0.4, -0.2) is 17.1 Å². The summed E-state index contributed by atoms with van der Waals surface area (Å²) >= 11 is 17.0. The van der Waals surface area contributed by atoms with Crippen LogP contribution >= 0.6 is 50.9 Å². The predicted molar refractivity (Wildman–Crippen MR) is 108 cm³/mol. The van der Waals surface area contributed by atoms with Crippen LogP contribution in [-0.2, 0) is 6.61 Å². The van der Waals surface area contributed by atoms with E-state index in [1.54, 1.807) is 19.4 Å². The van der Waals surface area contributed by atoms with Gasteiger partial charge >= 0.3 is 0 Å². The third-order valence-corrected chi connectivity index (χ3v) is 5.68. The fraction of sp³-hybridized carbons (Fsp3) is 0.111. The Morgan fingerprint density at radius 1 is 1.12 bits per heavy atom. The van der Waals surface area contributed by atoms with Gasteiger partial charge < -0.3 is 9.47 Å². The molecule has 0 fully saturated rings. The first-order valence-electron chi connectivity index (χ1n) is 7.47. The fourth-order valence-electron chi connectivity index (χ4n) is 2.05. The van der Waals surface area contributed by atoms with Crippen molar-refractivity contribution in [2.75, 3.05) is 7.11 Å². The molecule has 4 nitrogen and oxygen atoms in total. The topological polar surface area (TPSA) is 44.2 Å². The third kappa shape index (κ3) is 4.82. The SMILES string of the molecule is COc1ccc(COc2nc(Br)cnc2Sc2cccc(Cl)c2Cl)cc1. The van der Waals surface area contributed by atoms with Crippen molar-refractivity contribution < 1.29 is 9.47 Å². The lowest BCUT2D eigenvalue weighted by Crippen LogP contribution is -2.00. The van der Waals surface area contributed by atoms with Crippen molar-refractivity contribution in [3.63, 3.8) is 0 Å².